The van der Waals surface area contributed by atoms with Crippen molar-refractivity contribution in [1.29, 1.82) is 0 Å². The second-order valence-electron chi connectivity index (χ2n) is 2.56. The number of ether oxygens (including phenoxy) is 2. The van der Waals surface area contributed by atoms with Gasteiger partial charge in [0.2, 0.25) is 0 Å². The van der Waals surface area contributed by atoms with E-state index in [1.54, 1.807) is 13.0 Å². The molecule has 0 unspecified atom stereocenters. The molecule has 0 bridgehead atoms. The number of esters is 1. The normalized spacial score (nSPS) is 13.1. The minimum Gasteiger partial charge on any atom is -0.458 e. The molecular formula is C10H16O3. The van der Waals surface area contributed by atoms with Gasteiger partial charge < -0.3 is 9.47 Å². The Morgan fingerprint density at radius 2 is 2.15 bits per heavy atom. The first-order chi connectivity index (χ1) is 6.18. The minimum absolute atomic E-state index is 0.335. The Morgan fingerprint density at radius 1 is 1.62 bits per heavy atom. The summed E-state index contributed by atoms with van der Waals surface area (Å²) in [5, 5.41) is 0. The summed E-state index contributed by atoms with van der Waals surface area (Å²) in [6.45, 7) is 9.26. The number of hydrogen-bond acceptors (Lipinski definition) is 3. The summed E-state index contributed by atoms with van der Waals surface area (Å²) in [6.07, 6.45) is 3.59. The molecule has 0 aromatic carbocycles. The van der Waals surface area contributed by atoms with Gasteiger partial charge in [-0.15, -0.1) is 0 Å². The molecule has 0 N–H and O–H groups in total. The summed E-state index contributed by atoms with van der Waals surface area (Å²) in [5.74, 6) is -0.335. The quantitative estimate of drug-likeness (QED) is 0.290. The molecule has 13 heavy (non-hydrogen) atoms. The van der Waals surface area contributed by atoms with Crippen molar-refractivity contribution in [2.24, 2.45) is 0 Å². The fourth-order valence-electron chi connectivity index (χ4n) is 0.343. The molecule has 74 valence electrons. The number of hydrogen-bond donors (Lipinski definition) is 0. The van der Waals surface area contributed by atoms with Gasteiger partial charge in [0.05, 0.1) is 13.2 Å². The van der Waals surface area contributed by atoms with Gasteiger partial charge in [0.25, 0.3) is 0 Å². The van der Waals surface area contributed by atoms with E-state index in [0.717, 1.165) is 13.2 Å². The Labute approximate surface area is 79.0 Å². The van der Waals surface area contributed by atoms with Crippen LogP contribution >= 0.6 is 0 Å². The molecule has 0 spiro atoms. The highest BCUT2D eigenvalue weighted by atomic mass is 16.6. The first kappa shape index (κ1) is 11.9. The van der Waals surface area contributed by atoms with E-state index < -0.39 is 0 Å². The van der Waals surface area contributed by atoms with E-state index in [-0.39, 0.29) is 5.97 Å². The lowest BCUT2D eigenvalue weighted by atomic mass is 10.4. The highest BCUT2D eigenvalue weighted by Crippen LogP contribution is 1.91. The Morgan fingerprint density at radius 3 is 2.46 bits per heavy atom. The van der Waals surface area contributed by atoms with Gasteiger partial charge in [0.1, 0.15) is 6.61 Å². The lowest BCUT2D eigenvalue weighted by Crippen LogP contribution is -2.04. The fourth-order valence-corrected chi connectivity index (χ4v) is 0.343. The first-order valence-corrected chi connectivity index (χ1v) is 4.20. The second kappa shape index (κ2) is 7.55. The molecule has 0 saturated carbocycles. The summed E-state index contributed by atoms with van der Waals surface area (Å²) in [4.78, 5) is 10.7. The molecule has 0 aromatic heterocycles. The Bertz CT molecular complexity index is 190. The molecule has 1 aliphatic heterocycles. The van der Waals surface area contributed by atoms with Crippen molar-refractivity contribution in [1.82, 2.24) is 0 Å². The maximum atomic E-state index is 10.7. The molecule has 0 amide bonds. The molecular weight excluding hydrogens is 168 g/mol. The molecule has 1 rings (SSSR count). The lowest BCUT2D eigenvalue weighted by molar-refractivity contribution is -0.137. The summed E-state index contributed by atoms with van der Waals surface area (Å²) in [7, 11) is 0. The zero-order chi connectivity index (χ0) is 10.1. The van der Waals surface area contributed by atoms with Gasteiger partial charge in [0.15, 0.2) is 0 Å². The third-order valence-electron chi connectivity index (χ3n) is 1.10. The van der Waals surface area contributed by atoms with Crippen LogP contribution in [-0.2, 0) is 14.3 Å². The summed E-state index contributed by atoms with van der Waals surface area (Å²) >= 11 is 0. The van der Waals surface area contributed by atoms with Crippen LogP contribution in [0.25, 0.3) is 0 Å². The van der Waals surface area contributed by atoms with Crippen LogP contribution in [0.4, 0.5) is 0 Å². The number of carbonyl (C=O) groups is 1. The zero-order valence-corrected chi connectivity index (χ0v) is 8.21. The Balaban J connectivity index is 0.000000396. The molecule has 3 heteroatoms. The van der Waals surface area contributed by atoms with Crippen LogP contribution in [0.15, 0.2) is 24.3 Å². The van der Waals surface area contributed by atoms with E-state index in [9.17, 15) is 4.79 Å². The molecule has 0 radical (unpaired) electrons. The van der Waals surface area contributed by atoms with Gasteiger partial charge in [-0.2, -0.15) is 0 Å². The van der Waals surface area contributed by atoms with Crippen LogP contribution in [0.2, 0.25) is 0 Å². The zero-order valence-electron chi connectivity index (χ0n) is 8.21. The van der Waals surface area contributed by atoms with Gasteiger partial charge in [-0.3, -0.25) is 0 Å². The molecule has 1 saturated heterocycles. The van der Waals surface area contributed by atoms with Crippen LogP contribution in [0, 0.1) is 0 Å². The topological polar surface area (TPSA) is 38.8 Å². The SMILES string of the molecule is C1CO1.C=C(C)C(=O)OCC=CC. The third kappa shape index (κ3) is 10.9. The van der Waals surface area contributed by atoms with Crippen molar-refractivity contribution in [2.75, 3.05) is 19.8 Å². The minimum atomic E-state index is -0.335. The van der Waals surface area contributed by atoms with Crippen molar-refractivity contribution in [2.45, 2.75) is 13.8 Å². The predicted octanol–water partition coefficient (Wildman–Crippen LogP) is 1.70. The predicted molar refractivity (Wildman–Crippen MR) is 51.4 cm³/mol. The monoisotopic (exact) mass is 184 g/mol. The molecule has 1 heterocycles. The van der Waals surface area contributed by atoms with Crippen molar-refractivity contribution >= 4 is 5.97 Å². The van der Waals surface area contributed by atoms with Crippen molar-refractivity contribution in [3.8, 4) is 0 Å². The van der Waals surface area contributed by atoms with E-state index in [1.165, 1.54) is 0 Å². The summed E-state index contributed by atoms with van der Waals surface area (Å²) in [6, 6.07) is 0. The van der Waals surface area contributed by atoms with Crippen LogP contribution in [0.1, 0.15) is 13.8 Å². The van der Waals surface area contributed by atoms with E-state index in [0.29, 0.717) is 12.2 Å². The second-order valence-corrected chi connectivity index (χ2v) is 2.56. The number of carbonyl (C=O) groups excluding carboxylic acids is 1. The maximum absolute atomic E-state index is 10.7. The van der Waals surface area contributed by atoms with E-state index >= 15 is 0 Å². The smallest absolute Gasteiger partial charge is 0.333 e. The van der Waals surface area contributed by atoms with E-state index in [1.807, 2.05) is 13.0 Å². The molecule has 1 aliphatic rings. The maximum Gasteiger partial charge on any atom is 0.333 e. The van der Waals surface area contributed by atoms with Crippen LogP contribution in [0.5, 0.6) is 0 Å². The van der Waals surface area contributed by atoms with Crippen molar-refractivity contribution in [3.63, 3.8) is 0 Å². The lowest BCUT2D eigenvalue weighted by Gasteiger charge is -1.98. The van der Waals surface area contributed by atoms with Crippen LogP contribution < -0.4 is 0 Å². The molecule has 0 aromatic rings. The van der Waals surface area contributed by atoms with Gasteiger partial charge >= 0.3 is 5.97 Å². The fraction of sp³-hybridized carbons (Fsp3) is 0.500. The highest BCUT2D eigenvalue weighted by Gasteiger charge is 1.99. The summed E-state index contributed by atoms with van der Waals surface area (Å²) in [5.41, 5.74) is 0.435. The molecule has 3 nitrogen and oxygen atoms in total. The standard InChI is InChI=1S/C8H12O2.C2H4O/c1-4-5-6-10-8(9)7(2)3;1-2-3-1/h4-5H,2,6H2,1,3H3;1-2H2. The van der Waals surface area contributed by atoms with Crippen molar-refractivity contribution in [3.05, 3.63) is 24.3 Å². The van der Waals surface area contributed by atoms with E-state index in [2.05, 4.69) is 11.3 Å². The van der Waals surface area contributed by atoms with Gasteiger partial charge in [-0.05, 0) is 13.8 Å². The molecule has 0 atom stereocenters. The van der Waals surface area contributed by atoms with Gasteiger partial charge in [-0.1, -0.05) is 18.7 Å². The highest BCUT2D eigenvalue weighted by molar-refractivity contribution is 5.86. The van der Waals surface area contributed by atoms with Crippen molar-refractivity contribution < 1.29 is 14.3 Å². The summed E-state index contributed by atoms with van der Waals surface area (Å²) < 4.78 is 9.22. The average molecular weight is 184 g/mol. The van der Waals surface area contributed by atoms with Gasteiger partial charge in [-0.25, -0.2) is 4.79 Å². The Kier molecular flexibility index (Phi) is 6.92. The first-order valence-electron chi connectivity index (χ1n) is 4.20. The van der Waals surface area contributed by atoms with E-state index in [4.69, 9.17) is 4.74 Å². The van der Waals surface area contributed by atoms with Crippen LogP contribution in [0.3, 0.4) is 0 Å². The molecule has 0 aliphatic carbocycles. The number of rotatable bonds is 3. The third-order valence-corrected chi connectivity index (χ3v) is 1.10. The average Bonchev–Trinajstić information content (AvgIpc) is 2.90. The number of epoxide rings is 1. The largest absolute Gasteiger partial charge is 0.458 e. The molecule has 1 fully saturated rings. The van der Waals surface area contributed by atoms with Crippen LogP contribution in [-0.4, -0.2) is 25.8 Å². The van der Waals surface area contributed by atoms with Gasteiger partial charge in [0, 0.05) is 5.57 Å². The number of allylic oxidation sites excluding steroid dienone is 1. The Hall–Kier alpha value is -1.09.